The van der Waals surface area contributed by atoms with Crippen LogP contribution < -0.4 is 26.9 Å². The molecule has 0 unspecified atom stereocenters. The summed E-state index contributed by atoms with van der Waals surface area (Å²) in [5, 5.41) is 7.72. The Balaban J connectivity index is 1.40. The van der Waals surface area contributed by atoms with Gasteiger partial charge in [0.1, 0.15) is 5.56 Å². The molecule has 1 fully saturated rings. The second-order valence-corrected chi connectivity index (χ2v) is 9.80. The van der Waals surface area contributed by atoms with E-state index in [2.05, 4.69) is 20.4 Å². The molecule has 41 heavy (non-hydrogen) atoms. The first-order valence-electron chi connectivity index (χ1n) is 12.6. The van der Waals surface area contributed by atoms with Crippen molar-refractivity contribution in [2.45, 2.75) is 44.4 Å². The number of aromatic nitrogens is 5. The topological polar surface area (TPSA) is 141 Å². The molecule has 0 spiro atoms. The van der Waals surface area contributed by atoms with Gasteiger partial charge in [0, 0.05) is 18.8 Å². The molecule has 1 aliphatic carbocycles. The predicted molar refractivity (Wildman–Crippen MR) is 139 cm³/mol. The van der Waals surface area contributed by atoms with Crippen molar-refractivity contribution in [3.05, 3.63) is 68.6 Å². The lowest BCUT2D eigenvalue weighted by atomic mass is 9.85. The fourth-order valence-corrected chi connectivity index (χ4v) is 5.23. The quantitative estimate of drug-likeness (QED) is 0.291. The molecule has 0 radical (unpaired) electrons. The van der Waals surface area contributed by atoms with Gasteiger partial charge in [-0.05, 0) is 42.7 Å². The van der Waals surface area contributed by atoms with E-state index in [4.69, 9.17) is 10.5 Å². The zero-order valence-corrected chi connectivity index (χ0v) is 21.6. The van der Waals surface area contributed by atoms with Crippen molar-refractivity contribution in [2.24, 2.45) is 5.92 Å². The van der Waals surface area contributed by atoms with Gasteiger partial charge in [-0.15, -0.1) is 0 Å². The minimum absolute atomic E-state index is 0.0712. The Morgan fingerprint density at radius 1 is 1.20 bits per heavy atom. The lowest BCUT2D eigenvalue weighted by Gasteiger charge is -2.31. The molecule has 216 valence electrons. The van der Waals surface area contributed by atoms with Gasteiger partial charge in [-0.3, -0.25) is 9.59 Å². The Labute approximate surface area is 228 Å². The van der Waals surface area contributed by atoms with E-state index < -0.39 is 51.6 Å². The van der Waals surface area contributed by atoms with Crippen molar-refractivity contribution in [1.82, 2.24) is 24.7 Å². The molecule has 3 aromatic heterocycles. The monoisotopic (exact) mass is 577 g/mol. The number of nitrogens with two attached hydrogens (primary N) is 1. The Morgan fingerprint density at radius 3 is 2.68 bits per heavy atom. The van der Waals surface area contributed by atoms with Crippen LogP contribution in [0.25, 0.3) is 22.2 Å². The number of rotatable bonds is 6. The summed E-state index contributed by atoms with van der Waals surface area (Å²) < 4.78 is 76.9. The van der Waals surface area contributed by atoms with Crippen LogP contribution in [0.4, 0.5) is 33.5 Å². The molecule has 4 N–H and O–H groups in total. The number of fused-ring (bicyclic) bond motifs is 1. The number of hydrogen-bond donors (Lipinski definition) is 3. The zero-order chi connectivity index (χ0) is 29.5. The average Bonchev–Trinajstić information content (AvgIpc) is 2.91. The summed E-state index contributed by atoms with van der Waals surface area (Å²) in [5.74, 6) is -2.93. The molecule has 5 rings (SSSR count). The van der Waals surface area contributed by atoms with Crippen LogP contribution in [0, 0.1) is 17.6 Å². The average molecular weight is 578 g/mol. The number of H-pyrrole nitrogens is 1. The number of nitrogen functional groups attached to an aromatic ring is 1. The zero-order valence-electron chi connectivity index (χ0n) is 21.6. The summed E-state index contributed by atoms with van der Waals surface area (Å²) in [7, 11) is 1.35. The van der Waals surface area contributed by atoms with E-state index >= 15 is 8.78 Å². The Kier molecular flexibility index (Phi) is 7.36. The minimum atomic E-state index is -4.88. The molecule has 4 aromatic rings. The third-order valence-electron chi connectivity index (χ3n) is 7.13. The molecular formula is C26H24F5N7O3. The Morgan fingerprint density at radius 2 is 1.98 bits per heavy atom. The Hall–Kier alpha value is -4.56. The highest BCUT2D eigenvalue weighted by atomic mass is 19.4. The fraction of sp³-hybridized carbons (Fsp3) is 0.346. The van der Waals surface area contributed by atoms with Crippen LogP contribution >= 0.6 is 0 Å². The lowest BCUT2D eigenvalue weighted by molar-refractivity contribution is -0.138. The van der Waals surface area contributed by atoms with E-state index in [1.807, 2.05) is 0 Å². The number of benzene rings is 1. The van der Waals surface area contributed by atoms with Gasteiger partial charge in [-0.25, -0.2) is 23.8 Å². The number of halogens is 5. The maximum atomic E-state index is 15.2. The first kappa shape index (κ1) is 28.0. The van der Waals surface area contributed by atoms with E-state index in [0.717, 1.165) is 6.20 Å². The first-order chi connectivity index (χ1) is 19.5. The number of nitrogens with zero attached hydrogens (tertiary/aromatic N) is 4. The summed E-state index contributed by atoms with van der Waals surface area (Å²) in [6, 6.07) is 2.30. The third-order valence-corrected chi connectivity index (χ3v) is 7.13. The van der Waals surface area contributed by atoms with Gasteiger partial charge in [0.05, 0.1) is 36.1 Å². The summed E-state index contributed by atoms with van der Waals surface area (Å²) in [6.07, 6.45) is 0.923. The van der Waals surface area contributed by atoms with Crippen LogP contribution in [-0.2, 0) is 12.7 Å². The number of nitrogens with one attached hydrogen (secondary N) is 2. The molecule has 3 heterocycles. The maximum Gasteiger partial charge on any atom is 0.423 e. The Bertz CT molecular complexity index is 1740. The van der Waals surface area contributed by atoms with Gasteiger partial charge in [-0.2, -0.15) is 18.3 Å². The van der Waals surface area contributed by atoms with E-state index in [9.17, 15) is 22.8 Å². The highest BCUT2D eigenvalue weighted by Crippen LogP contribution is 2.34. The van der Waals surface area contributed by atoms with Crippen LogP contribution in [0.1, 0.15) is 31.2 Å². The van der Waals surface area contributed by atoms with Gasteiger partial charge in [0.25, 0.3) is 11.1 Å². The first-order valence-corrected chi connectivity index (χ1v) is 12.6. The summed E-state index contributed by atoms with van der Waals surface area (Å²) in [4.78, 5) is 32.9. The van der Waals surface area contributed by atoms with Gasteiger partial charge in [-0.1, -0.05) is 6.42 Å². The molecule has 10 nitrogen and oxygen atoms in total. The molecule has 2 atom stereocenters. The molecule has 15 heteroatoms. The normalized spacial score (nSPS) is 17.5. The van der Waals surface area contributed by atoms with Crippen molar-refractivity contribution in [3.8, 4) is 17.1 Å². The van der Waals surface area contributed by atoms with Crippen molar-refractivity contribution in [1.29, 1.82) is 0 Å². The predicted octanol–water partition coefficient (Wildman–Crippen LogP) is 4.10. The van der Waals surface area contributed by atoms with Crippen LogP contribution in [-0.4, -0.2) is 37.9 Å². The van der Waals surface area contributed by atoms with Crippen molar-refractivity contribution < 1.29 is 26.7 Å². The number of aromatic amines is 1. The number of ether oxygens (including phenoxy) is 1. The molecule has 0 bridgehead atoms. The van der Waals surface area contributed by atoms with E-state index in [0.29, 0.717) is 25.7 Å². The number of alkyl halides is 3. The lowest BCUT2D eigenvalue weighted by Crippen LogP contribution is -2.33. The van der Waals surface area contributed by atoms with Gasteiger partial charge < -0.3 is 20.4 Å². The standard InChI is InChI=1S/C26H24F5N7O3/c1-41-17-10-33-23(36-22(17)32)15-8-13-5-6-38(25(40)18(13)21(28)20(15)27)11-12-3-2-4-14(7-12)35-16-9-34-37-24(39)19(16)26(29,30)31/h5-6,8-10,12,14H,2-4,7,11H2,1H3,(H2,32,33,36)(H2,35,37,39)/t12-,14+/m1/s1. The highest BCUT2D eigenvalue weighted by Gasteiger charge is 2.38. The second-order valence-electron chi connectivity index (χ2n) is 9.80. The highest BCUT2D eigenvalue weighted by molar-refractivity contribution is 5.86. The van der Waals surface area contributed by atoms with Gasteiger partial charge in [0.2, 0.25) is 0 Å². The van der Waals surface area contributed by atoms with E-state index in [-0.39, 0.29) is 40.8 Å². The second kappa shape index (κ2) is 10.8. The molecule has 0 amide bonds. The van der Waals surface area contributed by atoms with Crippen LogP contribution in [0.15, 0.2) is 40.3 Å². The SMILES string of the molecule is COc1cnc(-c2cc3ccn(C[C@@H]4CCC[C@H](Nc5cn[nH]c(=O)c5C(F)(F)F)C4)c(=O)c3c(F)c2F)nc1N. The largest absolute Gasteiger partial charge is 0.491 e. The number of methoxy groups -OCH3 is 1. The van der Waals surface area contributed by atoms with Crippen molar-refractivity contribution in [3.63, 3.8) is 0 Å². The third kappa shape index (κ3) is 5.43. The maximum absolute atomic E-state index is 15.2. The number of hydrogen-bond acceptors (Lipinski definition) is 8. The summed E-state index contributed by atoms with van der Waals surface area (Å²) in [6.45, 7) is 0.133. The smallest absolute Gasteiger partial charge is 0.423 e. The van der Waals surface area contributed by atoms with Gasteiger partial charge >= 0.3 is 6.18 Å². The van der Waals surface area contributed by atoms with E-state index in [1.165, 1.54) is 36.2 Å². The van der Waals surface area contributed by atoms with E-state index in [1.54, 1.807) is 5.10 Å². The molecule has 0 saturated heterocycles. The molecule has 1 aromatic carbocycles. The van der Waals surface area contributed by atoms with Crippen molar-refractivity contribution >= 4 is 22.3 Å². The molecule has 0 aliphatic heterocycles. The summed E-state index contributed by atoms with van der Waals surface area (Å²) >= 11 is 0. The van der Waals surface area contributed by atoms with Crippen molar-refractivity contribution in [2.75, 3.05) is 18.2 Å². The number of anilines is 2. The molecule has 1 saturated carbocycles. The molecule has 1 aliphatic rings. The van der Waals surface area contributed by atoms with Gasteiger partial charge in [0.15, 0.2) is 29.0 Å². The summed E-state index contributed by atoms with van der Waals surface area (Å²) in [5.41, 5.74) is 1.60. The minimum Gasteiger partial charge on any atom is -0.491 e. The fourth-order valence-electron chi connectivity index (χ4n) is 5.23. The van der Waals surface area contributed by atoms with Crippen LogP contribution in [0.5, 0.6) is 5.75 Å². The number of pyridine rings is 1. The van der Waals surface area contributed by atoms with Crippen LogP contribution in [0.2, 0.25) is 0 Å². The van der Waals surface area contributed by atoms with Crippen LogP contribution in [0.3, 0.4) is 0 Å². The molecular weight excluding hydrogens is 553 g/mol.